The van der Waals surface area contributed by atoms with Gasteiger partial charge in [-0.05, 0) is 41.8 Å². The Morgan fingerprint density at radius 1 is 1.00 bits per heavy atom. The smallest absolute Gasteiger partial charge is 0.224 e. The summed E-state index contributed by atoms with van der Waals surface area (Å²) >= 11 is 5.84. The highest BCUT2D eigenvalue weighted by Gasteiger charge is 2.07. The van der Waals surface area contributed by atoms with E-state index in [1.807, 2.05) is 48.5 Å². The number of nitrogens with one attached hydrogen (secondary N) is 1. The van der Waals surface area contributed by atoms with Gasteiger partial charge in [0.25, 0.3) is 0 Å². The normalized spacial score (nSPS) is 10.3. The highest BCUT2D eigenvalue weighted by Crippen LogP contribution is 2.14. The molecule has 0 aliphatic carbocycles. The van der Waals surface area contributed by atoms with E-state index in [0.29, 0.717) is 18.0 Å². The average molecular weight is 345 g/mol. The number of nitrogens with zero attached hydrogens (tertiary/aromatic N) is 1. The minimum Gasteiger partial charge on any atom is -0.355 e. The molecule has 126 valence electrons. The molecule has 0 atom stereocenters. The van der Waals surface area contributed by atoms with Gasteiger partial charge in [0.05, 0.1) is 6.42 Å². The Bertz CT molecular complexity index is 696. The Labute approximate surface area is 147 Å². The molecule has 1 N–H and O–H groups in total. The summed E-state index contributed by atoms with van der Waals surface area (Å²) in [5.41, 5.74) is 2.87. The molecular formula is C19H21ClN2O2. The molecule has 0 aliphatic rings. The van der Waals surface area contributed by atoms with Crippen molar-refractivity contribution in [3.05, 3.63) is 64.7 Å². The summed E-state index contributed by atoms with van der Waals surface area (Å²) < 4.78 is 0. The number of amides is 2. The third-order valence-corrected chi connectivity index (χ3v) is 4.06. The fraction of sp³-hybridized carbons (Fsp3) is 0.263. The summed E-state index contributed by atoms with van der Waals surface area (Å²) in [5, 5.41) is 3.62. The Balaban J connectivity index is 1.79. The van der Waals surface area contributed by atoms with Crippen LogP contribution in [0.5, 0.6) is 0 Å². The zero-order valence-corrected chi connectivity index (χ0v) is 14.6. The van der Waals surface area contributed by atoms with Gasteiger partial charge in [-0.1, -0.05) is 35.9 Å². The molecule has 24 heavy (non-hydrogen) atoms. The van der Waals surface area contributed by atoms with Gasteiger partial charge in [0, 0.05) is 31.2 Å². The maximum Gasteiger partial charge on any atom is 0.224 e. The standard InChI is InChI=1S/C19H21ClN2O2/c1-14(23)22(2)18-9-5-16(6-10-18)13-19(24)21-12-11-15-3-7-17(20)8-4-15/h3-10H,11-13H2,1-2H3,(H,21,24). The van der Waals surface area contributed by atoms with Gasteiger partial charge in [-0.25, -0.2) is 0 Å². The Morgan fingerprint density at radius 2 is 1.58 bits per heavy atom. The molecule has 0 heterocycles. The second-order valence-electron chi connectivity index (χ2n) is 5.65. The summed E-state index contributed by atoms with van der Waals surface area (Å²) in [6, 6.07) is 15.0. The molecule has 2 aromatic rings. The maximum absolute atomic E-state index is 12.0. The van der Waals surface area contributed by atoms with Crippen LogP contribution in [0.25, 0.3) is 0 Å². The third kappa shape index (κ3) is 5.39. The van der Waals surface area contributed by atoms with Gasteiger partial charge < -0.3 is 10.2 Å². The van der Waals surface area contributed by atoms with Crippen molar-refractivity contribution in [1.82, 2.24) is 5.32 Å². The van der Waals surface area contributed by atoms with E-state index in [1.54, 1.807) is 11.9 Å². The van der Waals surface area contributed by atoms with Gasteiger partial charge in [-0.3, -0.25) is 9.59 Å². The van der Waals surface area contributed by atoms with E-state index < -0.39 is 0 Å². The second kappa shape index (κ2) is 8.50. The molecule has 0 saturated heterocycles. The van der Waals surface area contributed by atoms with Gasteiger partial charge in [0.2, 0.25) is 11.8 Å². The first-order chi connectivity index (χ1) is 11.5. The first kappa shape index (κ1) is 18.0. The van der Waals surface area contributed by atoms with Crippen LogP contribution in [-0.4, -0.2) is 25.4 Å². The lowest BCUT2D eigenvalue weighted by Gasteiger charge is -2.15. The average Bonchev–Trinajstić information content (AvgIpc) is 2.56. The first-order valence-corrected chi connectivity index (χ1v) is 8.18. The molecule has 0 aliphatic heterocycles. The lowest BCUT2D eigenvalue weighted by molar-refractivity contribution is -0.120. The fourth-order valence-corrected chi connectivity index (χ4v) is 2.39. The van der Waals surface area contributed by atoms with Crippen LogP contribution in [-0.2, 0) is 22.4 Å². The van der Waals surface area contributed by atoms with Crippen molar-refractivity contribution in [1.29, 1.82) is 0 Å². The molecule has 2 aromatic carbocycles. The van der Waals surface area contributed by atoms with Crippen LogP contribution in [0.15, 0.2) is 48.5 Å². The molecule has 4 nitrogen and oxygen atoms in total. The fourth-order valence-electron chi connectivity index (χ4n) is 2.26. The zero-order valence-electron chi connectivity index (χ0n) is 13.9. The Kier molecular flexibility index (Phi) is 6.38. The van der Waals surface area contributed by atoms with Crippen molar-refractivity contribution >= 4 is 29.1 Å². The molecule has 2 amide bonds. The highest BCUT2D eigenvalue weighted by atomic mass is 35.5. The molecular weight excluding hydrogens is 324 g/mol. The number of hydrogen-bond donors (Lipinski definition) is 1. The lowest BCUT2D eigenvalue weighted by atomic mass is 10.1. The molecule has 0 radical (unpaired) electrons. The molecule has 5 heteroatoms. The maximum atomic E-state index is 12.0. The topological polar surface area (TPSA) is 49.4 Å². The molecule has 2 rings (SSSR count). The summed E-state index contributed by atoms with van der Waals surface area (Å²) in [4.78, 5) is 24.9. The molecule has 0 saturated carbocycles. The molecule has 0 spiro atoms. The van der Waals surface area contributed by atoms with Crippen molar-refractivity contribution in [3.8, 4) is 0 Å². The van der Waals surface area contributed by atoms with Crippen LogP contribution in [0.2, 0.25) is 5.02 Å². The highest BCUT2D eigenvalue weighted by molar-refractivity contribution is 6.30. The van der Waals surface area contributed by atoms with Crippen LogP contribution in [0.1, 0.15) is 18.1 Å². The number of anilines is 1. The van der Waals surface area contributed by atoms with Crippen LogP contribution < -0.4 is 10.2 Å². The van der Waals surface area contributed by atoms with Crippen molar-refractivity contribution < 1.29 is 9.59 Å². The number of rotatable bonds is 6. The van der Waals surface area contributed by atoms with Crippen molar-refractivity contribution in [3.63, 3.8) is 0 Å². The number of hydrogen-bond acceptors (Lipinski definition) is 2. The second-order valence-corrected chi connectivity index (χ2v) is 6.08. The van der Waals surface area contributed by atoms with Gasteiger partial charge in [-0.15, -0.1) is 0 Å². The number of carbonyl (C=O) groups excluding carboxylic acids is 2. The van der Waals surface area contributed by atoms with Crippen molar-refractivity contribution in [2.24, 2.45) is 0 Å². The molecule has 0 unspecified atom stereocenters. The summed E-state index contributed by atoms with van der Waals surface area (Å²) in [5.74, 6) is -0.0423. The van der Waals surface area contributed by atoms with E-state index in [4.69, 9.17) is 11.6 Å². The van der Waals surface area contributed by atoms with E-state index in [2.05, 4.69) is 5.32 Å². The number of benzene rings is 2. The minimum absolute atomic E-state index is 0.0170. The quantitative estimate of drug-likeness (QED) is 0.874. The summed E-state index contributed by atoms with van der Waals surface area (Å²) in [6.07, 6.45) is 1.09. The Morgan fingerprint density at radius 3 is 2.17 bits per heavy atom. The monoisotopic (exact) mass is 344 g/mol. The van der Waals surface area contributed by atoms with Gasteiger partial charge >= 0.3 is 0 Å². The van der Waals surface area contributed by atoms with Crippen LogP contribution in [0.3, 0.4) is 0 Å². The van der Waals surface area contributed by atoms with Crippen molar-refractivity contribution in [2.45, 2.75) is 19.8 Å². The van der Waals surface area contributed by atoms with Crippen LogP contribution >= 0.6 is 11.6 Å². The van der Waals surface area contributed by atoms with E-state index in [9.17, 15) is 9.59 Å². The first-order valence-electron chi connectivity index (χ1n) is 7.80. The molecule has 0 aromatic heterocycles. The molecule has 0 bridgehead atoms. The number of halogens is 1. The molecule has 0 fully saturated rings. The van der Waals surface area contributed by atoms with Gasteiger partial charge in [0.15, 0.2) is 0 Å². The van der Waals surface area contributed by atoms with Crippen LogP contribution in [0.4, 0.5) is 5.69 Å². The zero-order chi connectivity index (χ0) is 17.5. The van der Waals surface area contributed by atoms with E-state index in [-0.39, 0.29) is 11.8 Å². The van der Waals surface area contributed by atoms with Crippen molar-refractivity contribution in [2.75, 3.05) is 18.5 Å². The SMILES string of the molecule is CC(=O)N(C)c1ccc(CC(=O)NCCc2ccc(Cl)cc2)cc1. The minimum atomic E-state index is -0.0253. The predicted molar refractivity (Wildman–Crippen MR) is 97.4 cm³/mol. The van der Waals surface area contributed by atoms with E-state index in [0.717, 1.165) is 23.2 Å². The Hall–Kier alpha value is -2.33. The summed E-state index contributed by atoms with van der Waals surface area (Å²) in [6.45, 7) is 2.10. The third-order valence-electron chi connectivity index (χ3n) is 3.81. The van der Waals surface area contributed by atoms with Gasteiger partial charge in [0.1, 0.15) is 0 Å². The van der Waals surface area contributed by atoms with Crippen LogP contribution in [0, 0.1) is 0 Å². The summed E-state index contributed by atoms with van der Waals surface area (Å²) in [7, 11) is 1.72. The lowest BCUT2D eigenvalue weighted by Crippen LogP contribution is -2.27. The predicted octanol–water partition coefficient (Wildman–Crippen LogP) is 3.22. The van der Waals surface area contributed by atoms with E-state index >= 15 is 0 Å². The van der Waals surface area contributed by atoms with E-state index in [1.165, 1.54) is 6.92 Å². The number of carbonyl (C=O) groups is 2. The largest absolute Gasteiger partial charge is 0.355 e. The van der Waals surface area contributed by atoms with Gasteiger partial charge in [-0.2, -0.15) is 0 Å².